The standard InChI is InChI=1S/C19H33NO.ClH/c1-9-12(2)16(20)14-10-13(18(3,4)5)11-15(17(14)21)19(6,7)8;/h10-12,16,21H,9,20H2,1-8H3;1H/t12?,16-;/m1./s1. The van der Waals surface area contributed by atoms with Gasteiger partial charge in [-0.3, -0.25) is 0 Å². The zero-order chi connectivity index (χ0) is 16.6. The summed E-state index contributed by atoms with van der Waals surface area (Å²) in [5, 5.41) is 10.7. The topological polar surface area (TPSA) is 46.2 Å². The van der Waals surface area contributed by atoms with Gasteiger partial charge in [0.2, 0.25) is 0 Å². The van der Waals surface area contributed by atoms with Crippen LogP contribution < -0.4 is 5.73 Å². The van der Waals surface area contributed by atoms with Crippen molar-refractivity contribution in [2.75, 3.05) is 0 Å². The van der Waals surface area contributed by atoms with Crippen molar-refractivity contribution in [3.8, 4) is 5.75 Å². The van der Waals surface area contributed by atoms with E-state index in [4.69, 9.17) is 5.73 Å². The van der Waals surface area contributed by atoms with Crippen LogP contribution in [0.4, 0.5) is 0 Å². The number of benzene rings is 1. The van der Waals surface area contributed by atoms with E-state index >= 15 is 0 Å². The number of phenolic OH excluding ortho intramolecular Hbond substituents is 1. The molecule has 22 heavy (non-hydrogen) atoms. The molecule has 0 aliphatic rings. The Kier molecular flexibility index (Phi) is 6.99. The molecule has 3 N–H and O–H groups in total. The third-order valence-corrected chi connectivity index (χ3v) is 4.43. The number of halogens is 1. The summed E-state index contributed by atoms with van der Waals surface area (Å²) >= 11 is 0. The van der Waals surface area contributed by atoms with E-state index in [0.29, 0.717) is 11.7 Å². The lowest BCUT2D eigenvalue weighted by molar-refractivity contribution is 0.403. The first kappa shape index (κ1) is 21.3. The van der Waals surface area contributed by atoms with Gasteiger partial charge in [0.1, 0.15) is 5.75 Å². The largest absolute Gasteiger partial charge is 0.507 e. The van der Waals surface area contributed by atoms with Gasteiger partial charge in [-0.2, -0.15) is 0 Å². The Bertz CT molecular complexity index is 497. The van der Waals surface area contributed by atoms with Crippen molar-refractivity contribution in [2.24, 2.45) is 11.7 Å². The summed E-state index contributed by atoms with van der Waals surface area (Å²) in [6, 6.07) is 4.11. The lowest BCUT2D eigenvalue weighted by atomic mass is 9.77. The number of phenols is 1. The highest BCUT2D eigenvalue weighted by molar-refractivity contribution is 5.85. The molecular weight excluding hydrogens is 294 g/mol. The van der Waals surface area contributed by atoms with Gasteiger partial charge >= 0.3 is 0 Å². The summed E-state index contributed by atoms with van der Waals surface area (Å²) < 4.78 is 0. The van der Waals surface area contributed by atoms with Crippen molar-refractivity contribution in [2.45, 2.75) is 78.7 Å². The SMILES string of the molecule is CCC(C)[C@@H](N)c1cc(C(C)(C)C)cc(C(C)(C)C)c1O.Cl. The Balaban J connectivity index is 0.00000441. The maximum absolute atomic E-state index is 10.7. The molecule has 0 saturated heterocycles. The molecule has 0 spiro atoms. The fourth-order valence-electron chi connectivity index (χ4n) is 2.48. The Morgan fingerprint density at radius 3 is 1.91 bits per heavy atom. The highest BCUT2D eigenvalue weighted by Gasteiger charge is 2.27. The summed E-state index contributed by atoms with van der Waals surface area (Å²) in [6.07, 6.45) is 1.01. The zero-order valence-corrected chi connectivity index (χ0v) is 16.3. The molecule has 0 saturated carbocycles. The molecule has 1 unspecified atom stereocenters. The van der Waals surface area contributed by atoms with Crippen LogP contribution in [0.3, 0.4) is 0 Å². The van der Waals surface area contributed by atoms with Crippen molar-refractivity contribution in [3.05, 3.63) is 28.8 Å². The van der Waals surface area contributed by atoms with Gasteiger partial charge in [0.15, 0.2) is 0 Å². The second-order valence-electron chi connectivity index (χ2n) is 8.37. The first-order valence-electron chi connectivity index (χ1n) is 8.03. The van der Waals surface area contributed by atoms with E-state index in [9.17, 15) is 5.11 Å². The first-order valence-corrected chi connectivity index (χ1v) is 8.03. The summed E-state index contributed by atoms with van der Waals surface area (Å²) in [4.78, 5) is 0. The molecule has 2 atom stereocenters. The van der Waals surface area contributed by atoms with Crippen molar-refractivity contribution < 1.29 is 5.11 Å². The molecule has 1 aromatic carbocycles. The Hall–Kier alpha value is -0.730. The van der Waals surface area contributed by atoms with Gasteiger partial charge in [0.25, 0.3) is 0 Å². The number of nitrogens with two attached hydrogens (primary N) is 1. The molecule has 128 valence electrons. The minimum absolute atomic E-state index is 0. The predicted molar refractivity (Wildman–Crippen MR) is 99.1 cm³/mol. The Morgan fingerprint density at radius 1 is 1.05 bits per heavy atom. The van der Waals surface area contributed by atoms with Gasteiger partial charge in [0.05, 0.1) is 0 Å². The van der Waals surface area contributed by atoms with E-state index in [2.05, 4.69) is 67.5 Å². The molecule has 3 heteroatoms. The minimum Gasteiger partial charge on any atom is -0.507 e. The van der Waals surface area contributed by atoms with Gasteiger partial charge < -0.3 is 10.8 Å². The maximum Gasteiger partial charge on any atom is 0.124 e. The van der Waals surface area contributed by atoms with Crippen LogP contribution >= 0.6 is 12.4 Å². The molecule has 0 heterocycles. The van der Waals surface area contributed by atoms with Gasteiger partial charge in [-0.05, 0) is 33.9 Å². The van der Waals surface area contributed by atoms with Crippen LogP contribution in [0.5, 0.6) is 5.75 Å². The molecule has 0 aromatic heterocycles. The van der Waals surface area contributed by atoms with Gasteiger partial charge in [0, 0.05) is 11.6 Å². The average Bonchev–Trinajstić information content (AvgIpc) is 2.34. The third kappa shape index (κ3) is 4.63. The molecule has 0 radical (unpaired) electrons. The Labute approximate surface area is 142 Å². The van der Waals surface area contributed by atoms with E-state index in [-0.39, 0.29) is 29.3 Å². The summed E-state index contributed by atoms with van der Waals surface area (Å²) in [7, 11) is 0. The van der Waals surface area contributed by atoms with E-state index in [1.54, 1.807) is 0 Å². The smallest absolute Gasteiger partial charge is 0.124 e. The maximum atomic E-state index is 10.7. The zero-order valence-electron chi connectivity index (χ0n) is 15.4. The summed E-state index contributed by atoms with van der Waals surface area (Å²) in [5.74, 6) is 0.724. The van der Waals surface area contributed by atoms with Crippen LogP contribution in [0.1, 0.15) is 84.5 Å². The van der Waals surface area contributed by atoms with Crippen LogP contribution in [0, 0.1) is 5.92 Å². The summed E-state index contributed by atoms with van der Waals surface area (Å²) in [6.45, 7) is 17.3. The van der Waals surface area contributed by atoms with E-state index in [1.807, 2.05) is 0 Å². The van der Waals surface area contributed by atoms with Crippen molar-refractivity contribution in [3.63, 3.8) is 0 Å². The van der Waals surface area contributed by atoms with Crippen molar-refractivity contribution in [1.82, 2.24) is 0 Å². The third-order valence-electron chi connectivity index (χ3n) is 4.43. The predicted octanol–water partition coefficient (Wildman–Crippen LogP) is 5.45. The van der Waals surface area contributed by atoms with E-state index in [1.165, 1.54) is 5.56 Å². The van der Waals surface area contributed by atoms with E-state index in [0.717, 1.165) is 17.5 Å². The van der Waals surface area contributed by atoms with Crippen LogP contribution in [-0.2, 0) is 10.8 Å². The molecule has 1 aromatic rings. The molecule has 0 aliphatic carbocycles. The summed E-state index contributed by atoms with van der Waals surface area (Å²) in [5.41, 5.74) is 9.47. The molecule has 0 bridgehead atoms. The van der Waals surface area contributed by atoms with Crippen LogP contribution in [0.25, 0.3) is 0 Å². The van der Waals surface area contributed by atoms with Gasteiger partial charge in [-0.15, -0.1) is 12.4 Å². The van der Waals surface area contributed by atoms with Gasteiger partial charge in [-0.25, -0.2) is 0 Å². The molecule has 2 nitrogen and oxygen atoms in total. The second-order valence-corrected chi connectivity index (χ2v) is 8.37. The van der Waals surface area contributed by atoms with Gasteiger partial charge in [-0.1, -0.05) is 67.9 Å². The number of aromatic hydroxyl groups is 1. The fourth-order valence-corrected chi connectivity index (χ4v) is 2.48. The number of hydrogen-bond donors (Lipinski definition) is 2. The average molecular weight is 328 g/mol. The normalized spacial score (nSPS) is 15.1. The molecule has 1 rings (SSSR count). The fraction of sp³-hybridized carbons (Fsp3) is 0.684. The molecule has 0 aliphatic heterocycles. The number of hydrogen-bond acceptors (Lipinski definition) is 2. The lowest BCUT2D eigenvalue weighted by Gasteiger charge is -2.30. The van der Waals surface area contributed by atoms with Crippen LogP contribution in [0.15, 0.2) is 12.1 Å². The molecular formula is C19H34ClNO. The van der Waals surface area contributed by atoms with E-state index < -0.39 is 0 Å². The minimum atomic E-state index is -0.126. The van der Waals surface area contributed by atoms with Crippen LogP contribution in [0.2, 0.25) is 0 Å². The second kappa shape index (κ2) is 7.23. The first-order chi connectivity index (χ1) is 9.39. The Morgan fingerprint density at radius 2 is 1.55 bits per heavy atom. The van der Waals surface area contributed by atoms with Crippen molar-refractivity contribution >= 4 is 12.4 Å². The van der Waals surface area contributed by atoms with Crippen molar-refractivity contribution in [1.29, 1.82) is 0 Å². The van der Waals surface area contributed by atoms with Crippen LogP contribution in [-0.4, -0.2) is 5.11 Å². The lowest BCUT2D eigenvalue weighted by Crippen LogP contribution is -2.23. The highest BCUT2D eigenvalue weighted by Crippen LogP contribution is 2.41. The highest BCUT2D eigenvalue weighted by atomic mass is 35.5. The molecule has 0 amide bonds. The number of rotatable bonds is 3. The quantitative estimate of drug-likeness (QED) is 0.774. The molecule has 0 fully saturated rings. The monoisotopic (exact) mass is 327 g/mol.